The average Bonchev–Trinajstić information content (AvgIpc) is 3.30. The van der Waals surface area contributed by atoms with E-state index in [2.05, 4.69) is 46.0 Å². The van der Waals surface area contributed by atoms with Gasteiger partial charge in [-0.25, -0.2) is 9.97 Å². The fourth-order valence-electron chi connectivity index (χ4n) is 3.73. The van der Waals surface area contributed by atoms with Gasteiger partial charge in [-0.15, -0.1) is 21.5 Å². The number of fused-ring (bicyclic) bond motifs is 3. The molecule has 0 radical (unpaired) electrons. The second kappa shape index (κ2) is 6.42. The highest BCUT2D eigenvalue weighted by atomic mass is 32.2. The van der Waals surface area contributed by atoms with E-state index in [-0.39, 0.29) is 0 Å². The molecule has 4 aromatic rings. The first-order valence-corrected chi connectivity index (χ1v) is 10.7. The quantitative estimate of drug-likeness (QED) is 0.466. The molecule has 0 spiro atoms. The van der Waals surface area contributed by atoms with E-state index < -0.39 is 0 Å². The van der Waals surface area contributed by atoms with E-state index >= 15 is 0 Å². The Morgan fingerprint density at radius 1 is 1.04 bits per heavy atom. The van der Waals surface area contributed by atoms with E-state index in [1.165, 1.54) is 27.8 Å². The van der Waals surface area contributed by atoms with Crippen LogP contribution in [0, 0.1) is 20.8 Å². The maximum Gasteiger partial charge on any atom is 0.202 e. The van der Waals surface area contributed by atoms with E-state index in [4.69, 9.17) is 9.97 Å². The largest absolute Gasteiger partial charge is 0.274 e. The zero-order chi connectivity index (χ0) is 18.5. The van der Waals surface area contributed by atoms with Crippen LogP contribution in [-0.2, 0) is 12.8 Å². The minimum Gasteiger partial charge on any atom is -0.274 e. The maximum absolute atomic E-state index is 4.79. The van der Waals surface area contributed by atoms with Crippen LogP contribution in [0.5, 0.6) is 0 Å². The van der Waals surface area contributed by atoms with Gasteiger partial charge in [0.1, 0.15) is 21.5 Å². The normalized spacial score (nSPS) is 13.4. The first-order valence-electron chi connectivity index (χ1n) is 9.06. The van der Waals surface area contributed by atoms with Crippen LogP contribution in [0.4, 0.5) is 0 Å². The smallest absolute Gasteiger partial charge is 0.202 e. The number of nitrogens with zero attached hydrogens (tertiary/aromatic N) is 5. The highest BCUT2D eigenvalue weighted by molar-refractivity contribution is 7.99. The van der Waals surface area contributed by atoms with Crippen LogP contribution in [0.1, 0.15) is 34.1 Å². The van der Waals surface area contributed by atoms with Crippen molar-refractivity contribution in [2.24, 2.45) is 0 Å². The Hall–Kier alpha value is -2.25. The van der Waals surface area contributed by atoms with Crippen LogP contribution < -0.4 is 0 Å². The Morgan fingerprint density at radius 3 is 2.74 bits per heavy atom. The zero-order valence-corrected chi connectivity index (χ0v) is 17.1. The molecule has 3 aromatic heterocycles. The lowest BCUT2D eigenvalue weighted by atomic mass is 10.2. The lowest BCUT2D eigenvalue weighted by molar-refractivity contribution is 0.858. The Labute approximate surface area is 165 Å². The molecule has 0 fully saturated rings. The molecule has 1 aliphatic carbocycles. The lowest BCUT2D eigenvalue weighted by Crippen LogP contribution is -2.02. The summed E-state index contributed by atoms with van der Waals surface area (Å²) in [5, 5.41) is 11.9. The average molecular weight is 394 g/mol. The van der Waals surface area contributed by atoms with Crippen molar-refractivity contribution in [3.63, 3.8) is 0 Å². The summed E-state index contributed by atoms with van der Waals surface area (Å²) in [7, 11) is 0. The van der Waals surface area contributed by atoms with Crippen molar-refractivity contribution in [2.75, 3.05) is 0 Å². The van der Waals surface area contributed by atoms with Gasteiger partial charge in [0.2, 0.25) is 5.16 Å². The van der Waals surface area contributed by atoms with Crippen molar-refractivity contribution < 1.29 is 0 Å². The molecule has 0 N–H and O–H groups in total. The summed E-state index contributed by atoms with van der Waals surface area (Å²) in [6.45, 7) is 6.07. The number of thiophene rings is 1. The third-order valence-corrected chi connectivity index (χ3v) is 7.10. The summed E-state index contributed by atoms with van der Waals surface area (Å²) in [6, 6.07) is 8.33. The predicted molar refractivity (Wildman–Crippen MR) is 109 cm³/mol. The summed E-state index contributed by atoms with van der Waals surface area (Å²) in [5.74, 6) is 1.69. The van der Waals surface area contributed by atoms with Crippen LogP contribution in [0.2, 0.25) is 0 Å². The number of hydrogen-bond donors (Lipinski definition) is 0. The maximum atomic E-state index is 4.79. The van der Waals surface area contributed by atoms with Crippen molar-refractivity contribution in [3.8, 4) is 5.69 Å². The summed E-state index contributed by atoms with van der Waals surface area (Å²) >= 11 is 3.42. The van der Waals surface area contributed by atoms with Gasteiger partial charge in [-0.2, -0.15) is 0 Å². The van der Waals surface area contributed by atoms with Gasteiger partial charge in [0.15, 0.2) is 0 Å². The Kier molecular flexibility index (Phi) is 4.02. The van der Waals surface area contributed by atoms with Crippen molar-refractivity contribution >= 4 is 33.3 Å². The highest BCUT2D eigenvalue weighted by Crippen LogP contribution is 2.42. The Balaban J connectivity index is 1.67. The van der Waals surface area contributed by atoms with Gasteiger partial charge in [0.25, 0.3) is 0 Å². The molecule has 5 rings (SSSR count). The number of benzene rings is 1. The van der Waals surface area contributed by atoms with Gasteiger partial charge in [0, 0.05) is 10.3 Å². The molecule has 27 heavy (non-hydrogen) atoms. The molecule has 0 bridgehead atoms. The molecule has 0 saturated carbocycles. The van der Waals surface area contributed by atoms with Crippen molar-refractivity contribution in [1.82, 2.24) is 24.7 Å². The molecular formula is C20H19N5S2. The first kappa shape index (κ1) is 16.9. The zero-order valence-electron chi connectivity index (χ0n) is 15.5. The van der Waals surface area contributed by atoms with E-state index in [0.717, 1.165) is 45.2 Å². The van der Waals surface area contributed by atoms with E-state index in [1.54, 1.807) is 11.8 Å². The molecule has 0 amide bonds. The SMILES string of the molecule is Cc1nc(Sc2nnc(C)n2-c2ccccc2C)c2c3c(sc2n1)CCC3. The van der Waals surface area contributed by atoms with Gasteiger partial charge in [-0.05, 0) is 69.0 Å². The molecule has 0 unspecified atom stereocenters. The molecule has 0 saturated heterocycles. The molecule has 1 aromatic carbocycles. The predicted octanol–water partition coefficient (Wildman–Crippen LogP) is 4.84. The van der Waals surface area contributed by atoms with Crippen molar-refractivity contribution in [3.05, 3.63) is 51.9 Å². The molecule has 1 aliphatic rings. The molecule has 0 aliphatic heterocycles. The highest BCUT2D eigenvalue weighted by Gasteiger charge is 2.24. The van der Waals surface area contributed by atoms with Gasteiger partial charge in [0.05, 0.1) is 5.69 Å². The Morgan fingerprint density at radius 2 is 1.89 bits per heavy atom. The van der Waals surface area contributed by atoms with Crippen LogP contribution in [0.3, 0.4) is 0 Å². The first-order chi connectivity index (χ1) is 13.1. The second-order valence-corrected chi connectivity index (χ2v) is 8.91. The van der Waals surface area contributed by atoms with Gasteiger partial charge in [-0.3, -0.25) is 4.57 Å². The third-order valence-electron chi connectivity index (χ3n) is 4.98. The topological polar surface area (TPSA) is 56.5 Å². The Bertz CT molecular complexity index is 1170. The minimum atomic E-state index is 0.809. The van der Waals surface area contributed by atoms with Crippen LogP contribution in [0.15, 0.2) is 34.4 Å². The molecular weight excluding hydrogens is 374 g/mol. The number of aryl methyl sites for hydroxylation is 5. The van der Waals surface area contributed by atoms with Crippen LogP contribution in [-0.4, -0.2) is 24.7 Å². The molecule has 136 valence electrons. The van der Waals surface area contributed by atoms with E-state index in [0.29, 0.717) is 0 Å². The summed E-state index contributed by atoms with van der Waals surface area (Å²) in [4.78, 5) is 12.1. The van der Waals surface area contributed by atoms with Crippen LogP contribution >= 0.6 is 23.1 Å². The monoisotopic (exact) mass is 393 g/mol. The fraction of sp³-hybridized carbons (Fsp3) is 0.300. The third kappa shape index (κ3) is 2.76. The van der Waals surface area contributed by atoms with E-state index in [1.807, 2.05) is 25.2 Å². The van der Waals surface area contributed by atoms with Crippen molar-refractivity contribution in [2.45, 2.75) is 50.2 Å². The number of para-hydroxylation sites is 1. The number of rotatable bonds is 3. The van der Waals surface area contributed by atoms with Crippen LogP contribution in [0.25, 0.3) is 15.9 Å². The molecule has 7 heteroatoms. The summed E-state index contributed by atoms with van der Waals surface area (Å²) < 4.78 is 2.12. The van der Waals surface area contributed by atoms with Gasteiger partial charge < -0.3 is 0 Å². The minimum absolute atomic E-state index is 0.809. The second-order valence-electron chi connectivity index (χ2n) is 6.87. The number of aromatic nitrogens is 5. The fourth-order valence-corrected chi connectivity index (χ4v) is 6.17. The molecule has 3 heterocycles. The van der Waals surface area contributed by atoms with Gasteiger partial charge in [-0.1, -0.05) is 18.2 Å². The lowest BCUT2D eigenvalue weighted by Gasteiger charge is -2.11. The van der Waals surface area contributed by atoms with Gasteiger partial charge >= 0.3 is 0 Å². The number of hydrogen-bond acceptors (Lipinski definition) is 6. The summed E-state index contributed by atoms with van der Waals surface area (Å²) in [6.07, 6.45) is 3.52. The van der Waals surface area contributed by atoms with E-state index in [9.17, 15) is 0 Å². The summed E-state index contributed by atoms with van der Waals surface area (Å²) in [5.41, 5.74) is 3.75. The molecule has 5 nitrogen and oxygen atoms in total. The standard InChI is InChI=1S/C20H19N5S2/c1-11-7-4-5-9-15(11)25-13(3)23-24-20(25)27-19-17-14-8-6-10-16(14)26-18(17)21-12(2)22-19/h4-5,7,9H,6,8,10H2,1-3H3. The molecule has 0 atom stereocenters. The van der Waals surface area contributed by atoms with Crippen molar-refractivity contribution in [1.29, 1.82) is 0 Å².